The van der Waals surface area contributed by atoms with Crippen LogP contribution in [0.15, 0.2) is 0 Å². The highest BCUT2D eigenvalue weighted by atomic mass is 16.4. The smallest absolute Gasteiger partial charge is 0.326 e. The fraction of sp³-hybridized carbons (Fsp3) is 0.833. The Morgan fingerprint density at radius 1 is 1.41 bits per heavy atom. The van der Waals surface area contributed by atoms with Gasteiger partial charge in [-0.15, -0.1) is 0 Å². The van der Waals surface area contributed by atoms with Crippen LogP contribution in [-0.4, -0.2) is 41.6 Å². The first kappa shape index (κ1) is 13.8. The minimum absolute atomic E-state index is 0.241. The fourth-order valence-corrected chi connectivity index (χ4v) is 1.72. The average Bonchev–Trinajstić information content (AvgIpc) is 2.99. The van der Waals surface area contributed by atoms with Crippen LogP contribution < -0.4 is 5.32 Å². The Morgan fingerprint density at radius 3 is 2.41 bits per heavy atom. The number of carboxylic acid groups (broad SMARTS) is 1. The van der Waals surface area contributed by atoms with Gasteiger partial charge >= 0.3 is 12.0 Å². The number of carbonyl (C=O) groups is 2. The number of rotatable bonds is 6. The molecule has 0 unspecified atom stereocenters. The normalized spacial score (nSPS) is 16.7. The van der Waals surface area contributed by atoms with Gasteiger partial charge in [-0.2, -0.15) is 0 Å². The van der Waals surface area contributed by atoms with Gasteiger partial charge in [-0.05, 0) is 31.1 Å². The summed E-state index contributed by atoms with van der Waals surface area (Å²) >= 11 is 0. The van der Waals surface area contributed by atoms with Crippen molar-refractivity contribution in [3.05, 3.63) is 0 Å². The highest BCUT2D eigenvalue weighted by Gasteiger charge is 2.27. The van der Waals surface area contributed by atoms with Crippen molar-refractivity contribution >= 4 is 12.0 Å². The molecule has 0 aromatic carbocycles. The van der Waals surface area contributed by atoms with Crippen LogP contribution in [0.3, 0.4) is 0 Å². The molecule has 0 aromatic heterocycles. The second-order valence-corrected chi connectivity index (χ2v) is 5.29. The molecule has 0 saturated heterocycles. The summed E-state index contributed by atoms with van der Waals surface area (Å²) in [5, 5.41) is 11.6. The Labute approximate surface area is 102 Å². The summed E-state index contributed by atoms with van der Waals surface area (Å²) in [6.07, 6.45) is 2.80. The number of carboxylic acids is 1. The van der Waals surface area contributed by atoms with Crippen LogP contribution in [0, 0.1) is 11.8 Å². The largest absolute Gasteiger partial charge is 0.480 e. The summed E-state index contributed by atoms with van der Waals surface area (Å²) in [4.78, 5) is 24.3. The van der Waals surface area contributed by atoms with Crippen LogP contribution in [0.4, 0.5) is 4.79 Å². The summed E-state index contributed by atoms with van der Waals surface area (Å²) in [6, 6.07) is -1.07. The molecule has 2 amide bonds. The molecule has 17 heavy (non-hydrogen) atoms. The van der Waals surface area contributed by atoms with Crippen molar-refractivity contribution in [2.24, 2.45) is 11.8 Å². The number of carbonyl (C=O) groups excluding carboxylic acids is 1. The van der Waals surface area contributed by atoms with E-state index in [9.17, 15) is 9.59 Å². The van der Waals surface area contributed by atoms with Crippen LogP contribution in [-0.2, 0) is 4.79 Å². The number of hydrogen-bond acceptors (Lipinski definition) is 2. The van der Waals surface area contributed by atoms with E-state index in [0.29, 0.717) is 12.3 Å². The molecule has 0 bridgehead atoms. The molecule has 1 aliphatic carbocycles. The van der Waals surface area contributed by atoms with Crippen molar-refractivity contribution in [1.82, 2.24) is 10.2 Å². The second-order valence-electron chi connectivity index (χ2n) is 5.29. The van der Waals surface area contributed by atoms with E-state index in [4.69, 9.17) is 5.11 Å². The quantitative estimate of drug-likeness (QED) is 0.742. The molecule has 0 aliphatic heterocycles. The maximum absolute atomic E-state index is 11.8. The molecule has 98 valence electrons. The summed E-state index contributed by atoms with van der Waals surface area (Å²) in [5.41, 5.74) is 0. The van der Waals surface area contributed by atoms with Gasteiger partial charge < -0.3 is 15.3 Å². The maximum Gasteiger partial charge on any atom is 0.326 e. The third-order valence-corrected chi connectivity index (χ3v) is 2.88. The lowest BCUT2D eigenvalue weighted by atomic mass is 10.0. The fourth-order valence-electron chi connectivity index (χ4n) is 1.72. The maximum atomic E-state index is 11.8. The van der Waals surface area contributed by atoms with Crippen molar-refractivity contribution < 1.29 is 14.7 Å². The first-order valence-electron chi connectivity index (χ1n) is 6.14. The Balaban J connectivity index is 2.41. The first-order valence-corrected chi connectivity index (χ1v) is 6.14. The van der Waals surface area contributed by atoms with Crippen molar-refractivity contribution in [1.29, 1.82) is 0 Å². The monoisotopic (exact) mass is 242 g/mol. The number of nitrogens with zero attached hydrogens (tertiary/aromatic N) is 1. The van der Waals surface area contributed by atoms with Gasteiger partial charge in [-0.1, -0.05) is 13.8 Å². The molecule has 2 N–H and O–H groups in total. The van der Waals surface area contributed by atoms with Crippen molar-refractivity contribution in [3.8, 4) is 0 Å². The van der Waals surface area contributed by atoms with Crippen LogP contribution in [0.25, 0.3) is 0 Å². The molecule has 0 aromatic rings. The number of hydrogen-bond donors (Lipinski definition) is 2. The van der Waals surface area contributed by atoms with E-state index in [1.165, 1.54) is 12.8 Å². The molecule has 0 radical (unpaired) electrons. The number of urea groups is 1. The van der Waals surface area contributed by atoms with Crippen molar-refractivity contribution in [3.63, 3.8) is 0 Å². The van der Waals surface area contributed by atoms with Gasteiger partial charge in [0.05, 0.1) is 0 Å². The van der Waals surface area contributed by atoms with E-state index in [-0.39, 0.29) is 11.9 Å². The SMILES string of the molecule is CC(C)C[C@H](NC(=O)N(C)CC1CC1)C(=O)O. The van der Waals surface area contributed by atoms with E-state index < -0.39 is 12.0 Å². The van der Waals surface area contributed by atoms with E-state index in [1.807, 2.05) is 13.8 Å². The highest BCUT2D eigenvalue weighted by molar-refractivity contribution is 5.82. The molecular weight excluding hydrogens is 220 g/mol. The summed E-state index contributed by atoms with van der Waals surface area (Å²) in [7, 11) is 1.71. The van der Waals surface area contributed by atoms with Gasteiger partial charge in [-0.25, -0.2) is 9.59 Å². The standard InChI is InChI=1S/C12H22N2O3/c1-8(2)6-10(11(15)16)13-12(17)14(3)7-9-4-5-9/h8-10H,4-7H2,1-3H3,(H,13,17)(H,15,16)/t10-/m0/s1. The predicted octanol–water partition coefficient (Wildman–Crippen LogP) is 1.54. The summed E-state index contributed by atoms with van der Waals surface area (Å²) < 4.78 is 0. The summed E-state index contributed by atoms with van der Waals surface area (Å²) in [6.45, 7) is 4.60. The number of aliphatic carboxylic acids is 1. The predicted molar refractivity (Wildman–Crippen MR) is 64.8 cm³/mol. The Kier molecular flexibility index (Phi) is 4.78. The molecule has 1 atom stereocenters. The molecule has 1 rings (SSSR count). The van der Waals surface area contributed by atoms with E-state index >= 15 is 0 Å². The molecule has 0 heterocycles. The lowest BCUT2D eigenvalue weighted by Crippen LogP contribution is -2.47. The van der Waals surface area contributed by atoms with Crippen molar-refractivity contribution in [2.75, 3.05) is 13.6 Å². The van der Waals surface area contributed by atoms with Crippen molar-refractivity contribution in [2.45, 2.75) is 39.2 Å². The van der Waals surface area contributed by atoms with Gasteiger partial charge in [0.1, 0.15) is 6.04 Å². The zero-order chi connectivity index (χ0) is 13.0. The molecule has 1 aliphatic rings. The van der Waals surface area contributed by atoms with Gasteiger partial charge in [0.25, 0.3) is 0 Å². The number of amides is 2. The zero-order valence-corrected chi connectivity index (χ0v) is 10.8. The lowest BCUT2D eigenvalue weighted by molar-refractivity contribution is -0.139. The minimum Gasteiger partial charge on any atom is -0.480 e. The van der Waals surface area contributed by atoms with Gasteiger partial charge in [0.15, 0.2) is 0 Å². The van der Waals surface area contributed by atoms with E-state index in [1.54, 1.807) is 11.9 Å². The minimum atomic E-state index is -0.966. The molecule has 1 fully saturated rings. The summed E-state index contributed by atoms with van der Waals surface area (Å²) in [5.74, 6) is -0.115. The first-order chi connectivity index (χ1) is 7.90. The average molecular weight is 242 g/mol. The Hall–Kier alpha value is -1.26. The highest BCUT2D eigenvalue weighted by Crippen LogP contribution is 2.29. The van der Waals surface area contributed by atoms with Crippen LogP contribution in [0.2, 0.25) is 0 Å². The van der Waals surface area contributed by atoms with Crippen LogP contribution >= 0.6 is 0 Å². The van der Waals surface area contributed by atoms with Crippen LogP contribution in [0.5, 0.6) is 0 Å². The topological polar surface area (TPSA) is 69.6 Å². The lowest BCUT2D eigenvalue weighted by Gasteiger charge is -2.22. The Morgan fingerprint density at radius 2 is 2.00 bits per heavy atom. The molecular formula is C12H22N2O3. The third-order valence-electron chi connectivity index (χ3n) is 2.88. The van der Waals surface area contributed by atoms with Gasteiger partial charge in [-0.3, -0.25) is 0 Å². The molecule has 1 saturated carbocycles. The zero-order valence-electron chi connectivity index (χ0n) is 10.8. The van der Waals surface area contributed by atoms with Crippen LogP contribution in [0.1, 0.15) is 33.1 Å². The van der Waals surface area contributed by atoms with Gasteiger partial charge in [0, 0.05) is 13.6 Å². The molecule has 5 heteroatoms. The van der Waals surface area contributed by atoms with E-state index in [2.05, 4.69) is 5.32 Å². The molecule has 5 nitrogen and oxygen atoms in total. The molecule has 0 spiro atoms. The van der Waals surface area contributed by atoms with Gasteiger partial charge in [0.2, 0.25) is 0 Å². The van der Waals surface area contributed by atoms with E-state index in [0.717, 1.165) is 6.54 Å². The second kappa shape index (κ2) is 5.89. The number of nitrogens with one attached hydrogen (secondary N) is 1. The Bertz CT molecular complexity index is 287. The third kappa shape index (κ3) is 5.06.